The normalized spacial score (nSPS) is 12.4. The first-order valence-electron chi connectivity index (χ1n) is 6.14. The molecular formula is C13H13Cl2N3OS. The minimum Gasteiger partial charge on any atom is -0.304 e. The molecule has 2 aromatic heterocycles. The molecule has 1 unspecified atom stereocenters. The number of imidazole rings is 1. The molecule has 0 saturated heterocycles. The van der Waals surface area contributed by atoms with Crippen molar-refractivity contribution in [2.75, 3.05) is 5.75 Å². The van der Waals surface area contributed by atoms with Crippen LogP contribution in [0.5, 0.6) is 0 Å². The van der Waals surface area contributed by atoms with E-state index < -0.39 is 10.8 Å². The van der Waals surface area contributed by atoms with Crippen molar-refractivity contribution in [2.24, 2.45) is 0 Å². The molecule has 4 nitrogen and oxygen atoms in total. The fourth-order valence-corrected chi connectivity index (χ4v) is 3.52. The largest absolute Gasteiger partial charge is 0.304 e. The van der Waals surface area contributed by atoms with Crippen molar-refractivity contribution in [3.8, 4) is 6.07 Å². The van der Waals surface area contributed by atoms with Gasteiger partial charge in [-0.2, -0.15) is 5.26 Å². The van der Waals surface area contributed by atoms with Crippen molar-refractivity contribution in [2.45, 2.75) is 25.0 Å². The summed E-state index contributed by atoms with van der Waals surface area (Å²) in [7, 11) is -0.974. The van der Waals surface area contributed by atoms with Gasteiger partial charge in [0.25, 0.3) is 0 Å². The number of pyridine rings is 1. The van der Waals surface area contributed by atoms with Gasteiger partial charge in [-0.15, -0.1) is 0 Å². The lowest BCUT2D eigenvalue weighted by Gasteiger charge is -1.98. The van der Waals surface area contributed by atoms with Crippen LogP contribution in [0, 0.1) is 11.3 Å². The van der Waals surface area contributed by atoms with Crippen molar-refractivity contribution in [1.29, 1.82) is 5.26 Å². The molecule has 1 atom stereocenters. The Morgan fingerprint density at radius 2 is 2.15 bits per heavy atom. The van der Waals surface area contributed by atoms with E-state index in [2.05, 4.69) is 11.1 Å². The van der Waals surface area contributed by atoms with Crippen molar-refractivity contribution in [3.63, 3.8) is 0 Å². The van der Waals surface area contributed by atoms with E-state index in [1.165, 1.54) is 0 Å². The number of unbranched alkanes of at least 4 members (excludes halogenated alkanes) is 2. The molecule has 0 aliphatic rings. The van der Waals surface area contributed by atoms with Gasteiger partial charge in [0.05, 0.1) is 27.6 Å². The lowest BCUT2D eigenvalue weighted by molar-refractivity contribution is 0.677. The number of rotatable bonds is 6. The van der Waals surface area contributed by atoms with Crippen LogP contribution in [0.15, 0.2) is 18.5 Å². The predicted molar refractivity (Wildman–Crippen MR) is 81.4 cm³/mol. The van der Waals surface area contributed by atoms with Gasteiger partial charge >= 0.3 is 0 Å². The number of halogens is 2. The molecule has 0 aliphatic heterocycles. The average molecular weight is 330 g/mol. The van der Waals surface area contributed by atoms with Gasteiger partial charge in [-0.3, -0.25) is 4.21 Å². The van der Waals surface area contributed by atoms with Crippen molar-refractivity contribution in [3.05, 3.63) is 34.2 Å². The maximum absolute atomic E-state index is 11.9. The summed E-state index contributed by atoms with van der Waals surface area (Å²) >= 11 is 12.0. The van der Waals surface area contributed by atoms with Crippen LogP contribution in [0.2, 0.25) is 10.0 Å². The Morgan fingerprint density at radius 3 is 2.90 bits per heavy atom. The monoisotopic (exact) mass is 329 g/mol. The highest BCUT2D eigenvalue weighted by atomic mass is 35.5. The summed E-state index contributed by atoms with van der Waals surface area (Å²) in [6.45, 7) is 0. The van der Waals surface area contributed by atoms with Crippen LogP contribution in [-0.4, -0.2) is 19.3 Å². The fraction of sp³-hybridized carbons (Fsp3) is 0.385. The van der Waals surface area contributed by atoms with Crippen LogP contribution in [-0.2, 0) is 16.6 Å². The van der Waals surface area contributed by atoms with E-state index in [-0.39, 0.29) is 0 Å². The zero-order chi connectivity index (χ0) is 14.5. The third-order valence-electron chi connectivity index (χ3n) is 2.74. The molecule has 106 valence electrons. The molecule has 7 heteroatoms. The fourth-order valence-electron chi connectivity index (χ4n) is 1.85. The Morgan fingerprint density at radius 1 is 1.35 bits per heavy atom. The van der Waals surface area contributed by atoms with Gasteiger partial charge in [0.2, 0.25) is 0 Å². The van der Waals surface area contributed by atoms with E-state index in [1.54, 1.807) is 22.9 Å². The standard InChI is InChI=1S/C13H13Cl2N3OS/c14-10-6-12(15)13-17-11(8-18(13)7-10)9-20(19)5-3-1-2-4-16/h6-8H,1-3,5,9H2. The molecule has 0 fully saturated rings. The molecule has 0 bridgehead atoms. The smallest absolute Gasteiger partial charge is 0.155 e. The summed E-state index contributed by atoms with van der Waals surface area (Å²) in [6, 6.07) is 3.71. The number of hydrogen-bond acceptors (Lipinski definition) is 3. The van der Waals surface area contributed by atoms with Crippen molar-refractivity contribution >= 4 is 39.6 Å². The highest BCUT2D eigenvalue weighted by molar-refractivity contribution is 7.84. The predicted octanol–water partition coefficient (Wildman–Crippen LogP) is 3.58. The lowest BCUT2D eigenvalue weighted by Crippen LogP contribution is -2.01. The topological polar surface area (TPSA) is 58.2 Å². The van der Waals surface area contributed by atoms with Crippen LogP contribution >= 0.6 is 23.2 Å². The first kappa shape index (κ1) is 15.3. The maximum atomic E-state index is 11.9. The van der Waals surface area contributed by atoms with Crippen LogP contribution in [0.4, 0.5) is 0 Å². The minimum atomic E-state index is -0.974. The summed E-state index contributed by atoms with van der Waals surface area (Å²) in [4.78, 5) is 4.36. The quantitative estimate of drug-likeness (QED) is 0.761. The molecule has 2 rings (SSSR count). The van der Waals surface area contributed by atoms with Gasteiger partial charge in [-0.05, 0) is 18.9 Å². The second kappa shape index (κ2) is 7.07. The third-order valence-corrected chi connectivity index (χ3v) is 4.59. The van der Waals surface area contributed by atoms with E-state index in [0.29, 0.717) is 33.6 Å². The summed E-state index contributed by atoms with van der Waals surface area (Å²) in [5.41, 5.74) is 1.35. The van der Waals surface area contributed by atoms with E-state index in [9.17, 15) is 4.21 Å². The Hall–Kier alpha value is -1.09. The number of hydrogen-bond donors (Lipinski definition) is 0. The van der Waals surface area contributed by atoms with E-state index >= 15 is 0 Å². The highest BCUT2D eigenvalue weighted by Crippen LogP contribution is 2.22. The Bertz CT molecular complexity index is 678. The Kier molecular flexibility index (Phi) is 5.41. The van der Waals surface area contributed by atoms with Crippen molar-refractivity contribution < 1.29 is 4.21 Å². The summed E-state index contributed by atoms with van der Waals surface area (Å²) in [5, 5.41) is 9.44. The molecule has 20 heavy (non-hydrogen) atoms. The van der Waals surface area contributed by atoms with Gasteiger partial charge in [0.1, 0.15) is 0 Å². The van der Waals surface area contributed by atoms with Crippen LogP contribution in [0.25, 0.3) is 5.65 Å². The average Bonchev–Trinajstić information content (AvgIpc) is 2.77. The number of nitrogens with zero attached hydrogens (tertiary/aromatic N) is 3. The maximum Gasteiger partial charge on any atom is 0.155 e. The van der Waals surface area contributed by atoms with Gasteiger partial charge < -0.3 is 4.40 Å². The third kappa shape index (κ3) is 3.95. The van der Waals surface area contributed by atoms with E-state index in [1.807, 2.05) is 0 Å². The number of nitriles is 1. The van der Waals surface area contributed by atoms with Crippen molar-refractivity contribution in [1.82, 2.24) is 9.38 Å². The molecule has 0 saturated carbocycles. The molecule has 2 aromatic rings. The zero-order valence-corrected chi connectivity index (χ0v) is 13.0. The molecule has 0 N–H and O–H groups in total. The van der Waals surface area contributed by atoms with Crippen LogP contribution < -0.4 is 0 Å². The second-order valence-corrected chi connectivity index (χ2v) is 6.79. The Labute approximate surface area is 129 Å². The molecule has 0 amide bonds. The zero-order valence-electron chi connectivity index (χ0n) is 10.7. The number of fused-ring (bicyclic) bond motifs is 1. The van der Waals surface area contributed by atoms with E-state index in [0.717, 1.165) is 18.5 Å². The highest BCUT2D eigenvalue weighted by Gasteiger charge is 2.09. The Balaban J connectivity index is 2.01. The number of aromatic nitrogens is 2. The first-order valence-corrected chi connectivity index (χ1v) is 8.39. The summed E-state index contributed by atoms with van der Waals surface area (Å²) < 4.78 is 13.7. The molecular weight excluding hydrogens is 317 g/mol. The van der Waals surface area contributed by atoms with Gasteiger partial charge in [0.15, 0.2) is 5.65 Å². The van der Waals surface area contributed by atoms with Gasteiger partial charge in [-0.25, -0.2) is 4.98 Å². The molecule has 0 aliphatic carbocycles. The molecule has 0 spiro atoms. The molecule has 2 heterocycles. The van der Waals surface area contributed by atoms with Gasteiger partial charge in [-0.1, -0.05) is 23.2 Å². The summed E-state index contributed by atoms with van der Waals surface area (Å²) in [6.07, 6.45) is 5.60. The van der Waals surface area contributed by atoms with E-state index in [4.69, 9.17) is 28.5 Å². The second-order valence-electron chi connectivity index (χ2n) is 4.37. The molecule has 0 radical (unpaired) electrons. The molecule has 0 aromatic carbocycles. The van der Waals surface area contributed by atoms with Crippen LogP contribution in [0.3, 0.4) is 0 Å². The minimum absolute atomic E-state index is 0.391. The van der Waals surface area contributed by atoms with Gasteiger partial charge in [0, 0.05) is 35.4 Å². The first-order chi connectivity index (χ1) is 9.60. The SMILES string of the molecule is N#CCCCCS(=O)Cc1cn2cc(Cl)cc(Cl)c2n1. The van der Waals surface area contributed by atoms with Crippen LogP contribution in [0.1, 0.15) is 25.0 Å². The summed E-state index contributed by atoms with van der Waals surface area (Å²) in [5.74, 6) is 0.978. The lowest BCUT2D eigenvalue weighted by atomic mass is 10.3.